The highest BCUT2D eigenvalue weighted by molar-refractivity contribution is 6.00. The van der Waals surface area contributed by atoms with E-state index in [9.17, 15) is 9.59 Å². The first-order valence-corrected chi connectivity index (χ1v) is 6.16. The third-order valence-corrected chi connectivity index (χ3v) is 3.11. The average molecular weight is 263 g/mol. The number of para-hydroxylation sites is 2. The monoisotopic (exact) mass is 263 g/mol. The molecule has 0 bridgehead atoms. The zero-order valence-corrected chi connectivity index (χ0v) is 10.7. The van der Waals surface area contributed by atoms with E-state index in [1.807, 2.05) is 6.92 Å². The molecule has 1 heterocycles. The van der Waals surface area contributed by atoms with Gasteiger partial charge in [-0.3, -0.25) is 9.59 Å². The number of fused-ring (bicyclic) bond motifs is 1. The third kappa shape index (κ3) is 2.53. The number of hydrogen-bond acceptors (Lipinski definition) is 4. The number of carbonyl (C=O) groups excluding carboxylic acids is 2. The molecule has 6 nitrogen and oxygen atoms in total. The maximum atomic E-state index is 12.3. The molecule has 1 aliphatic heterocycles. The average Bonchev–Trinajstić information content (AvgIpc) is 2.44. The van der Waals surface area contributed by atoms with Crippen LogP contribution < -0.4 is 21.1 Å². The first-order chi connectivity index (χ1) is 9.04. The van der Waals surface area contributed by atoms with Crippen molar-refractivity contribution in [2.75, 3.05) is 11.4 Å². The molecule has 1 aliphatic rings. The summed E-state index contributed by atoms with van der Waals surface area (Å²) >= 11 is 0. The number of carbonyl (C=O) groups is 2. The van der Waals surface area contributed by atoms with Gasteiger partial charge in [-0.1, -0.05) is 19.1 Å². The minimum Gasteiger partial charge on any atom is -0.477 e. The Balaban J connectivity index is 2.36. The van der Waals surface area contributed by atoms with E-state index in [1.165, 1.54) is 4.90 Å². The number of rotatable bonds is 3. The molecule has 0 fully saturated rings. The lowest BCUT2D eigenvalue weighted by Crippen LogP contribution is -2.53. The van der Waals surface area contributed by atoms with Crippen LogP contribution >= 0.6 is 0 Å². The largest absolute Gasteiger partial charge is 0.477 e. The summed E-state index contributed by atoms with van der Waals surface area (Å²) in [6.07, 6.45) is -0.317. The predicted octanol–water partition coefficient (Wildman–Crippen LogP) is 0.00320. The quantitative estimate of drug-likeness (QED) is 0.802. The maximum absolute atomic E-state index is 12.3. The first kappa shape index (κ1) is 13.4. The Bertz CT molecular complexity index is 504. The maximum Gasteiger partial charge on any atom is 0.260 e. The van der Waals surface area contributed by atoms with Crippen LogP contribution in [-0.4, -0.2) is 30.5 Å². The second kappa shape index (κ2) is 5.27. The predicted molar refractivity (Wildman–Crippen MR) is 70.7 cm³/mol. The van der Waals surface area contributed by atoms with Gasteiger partial charge in [0, 0.05) is 0 Å². The van der Waals surface area contributed by atoms with E-state index in [1.54, 1.807) is 24.3 Å². The minimum absolute atomic E-state index is 0.0961. The van der Waals surface area contributed by atoms with Crippen molar-refractivity contribution in [1.82, 2.24) is 0 Å². The molecule has 0 aliphatic carbocycles. The van der Waals surface area contributed by atoms with Crippen LogP contribution in [0.3, 0.4) is 0 Å². The van der Waals surface area contributed by atoms with Gasteiger partial charge in [-0.05, 0) is 18.6 Å². The van der Waals surface area contributed by atoms with Gasteiger partial charge < -0.3 is 21.1 Å². The van der Waals surface area contributed by atoms with Crippen LogP contribution in [0, 0.1) is 0 Å². The molecule has 6 heteroatoms. The lowest BCUT2D eigenvalue weighted by atomic mass is 10.1. The molecule has 19 heavy (non-hydrogen) atoms. The highest BCUT2D eigenvalue weighted by Crippen LogP contribution is 2.33. The van der Waals surface area contributed by atoms with Crippen LogP contribution in [0.2, 0.25) is 0 Å². The molecular formula is C13H17N3O3. The number of nitrogens with zero attached hydrogens (tertiary/aromatic N) is 1. The van der Waals surface area contributed by atoms with E-state index in [-0.39, 0.29) is 12.5 Å². The van der Waals surface area contributed by atoms with Gasteiger partial charge in [-0.2, -0.15) is 0 Å². The van der Waals surface area contributed by atoms with Crippen LogP contribution in [0.5, 0.6) is 5.75 Å². The van der Waals surface area contributed by atoms with Crippen LogP contribution in [0.15, 0.2) is 24.3 Å². The molecule has 0 spiro atoms. The van der Waals surface area contributed by atoms with Gasteiger partial charge in [0.1, 0.15) is 5.75 Å². The Morgan fingerprint density at radius 3 is 2.79 bits per heavy atom. The van der Waals surface area contributed by atoms with Gasteiger partial charge in [-0.25, -0.2) is 0 Å². The van der Waals surface area contributed by atoms with Crippen molar-refractivity contribution in [3.8, 4) is 5.75 Å². The van der Waals surface area contributed by atoms with Crippen LogP contribution in [0.25, 0.3) is 0 Å². The normalized spacial score (nSPS) is 19.3. The van der Waals surface area contributed by atoms with Crippen LogP contribution in [-0.2, 0) is 9.59 Å². The van der Waals surface area contributed by atoms with E-state index >= 15 is 0 Å². The molecule has 102 valence electrons. The molecule has 2 amide bonds. The van der Waals surface area contributed by atoms with Crippen molar-refractivity contribution in [2.45, 2.75) is 25.5 Å². The van der Waals surface area contributed by atoms with Gasteiger partial charge in [0.2, 0.25) is 5.91 Å². The second-order valence-corrected chi connectivity index (χ2v) is 4.44. The lowest BCUT2D eigenvalue weighted by Gasteiger charge is -2.34. The van der Waals surface area contributed by atoms with Crippen molar-refractivity contribution in [3.63, 3.8) is 0 Å². The van der Waals surface area contributed by atoms with Gasteiger partial charge in [-0.15, -0.1) is 0 Å². The third-order valence-electron chi connectivity index (χ3n) is 3.11. The van der Waals surface area contributed by atoms with Crippen molar-refractivity contribution < 1.29 is 14.3 Å². The van der Waals surface area contributed by atoms with E-state index in [4.69, 9.17) is 16.2 Å². The molecule has 1 aromatic rings. The molecule has 0 saturated heterocycles. The molecule has 0 saturated carbocycles. The Hall–Kier alpha value is -2.08. The van der Waals surface area contributed by atoms with Gasteiger partial charge in [0.25, 0.3) is 5.91 Å². The van der Waals surface area contributed by atoms with Crippen molar-refractivity contribution in [2.24, 2.45) is 11.5 Å². The summed E-state index contributed by atoms with van der Waals surface area (Å²) < 4.78 is 5.48. The number of primary amides is 1. The fraction of sp³-hybridized carbons (Fsp3) is 0.385. The van der Waals surface area contributed by atoms with Crippen LogP contribution in [0.1, 0.15) is 13.3 Å². The highest BCUT2D eigenvalue weighted by atomic mass is 16.5. The molecule has 4 N–H and O–H groups in total. The molecular weight excluding hydrogens is 246 g/mol. The fourth-order valence-electron chi connectivity index (χ4n) is 1.97. The van der Waals surface area contributed by atoms with Gasteiger partial charge in [0.15, 0.2) is 6.10 Å². The second-order valence-electron chi connectivity index (χ2n) is 4.44. The number of ether oxygens (including phenoxy) is 1. The molecule has 1 aromatic carbocycles. The first-order valence-electron chi connectivity index (χ1n) is 6.16. The molecule has 0 aromatic heterocycles. The molecule has 2 unspecified atom stereocenters. The standard InChI is InChI=1S/C13H17N3O3/c1-2-8(14)13(18)16-7-11(12(15)17)19-10-6-4-3-5-9(10)16/h3-6,8,11H,2,7,14H2,1H3,(H2,15,17). The Labute approximate surface area is 111 Å². The number of hydrogen-bond donors (Lipinski definition) is 2. The fourth-order valence-corrected chi connectivity index (χ4v) is 1.97. The van der Waals surface area contributed by atoms with Crippen LogP contribution in [0.4, 0.5) is 5.69 Å². The summed E-state index contributed by atoms with van der Waals surface area (Å²) in [6, 6.07) is 6.42. The number of nitrogens with two attached hydrogens (primary N) is 2. The minimum atomic E-state index is -0.845. The summed E-state index contributed by atoms with van der Waals surface area (Å²) in [7, 11) is 0. The number of benzene rings is 1. The van der Waals surface area contributed by atoms with Crippen molar-refractivity contribution >= 4 is 17.5 Å². The zero-order valence-electron chi connectivity index (χ0n) is 10.7. The topological polar surface area (TPSA) is 98.7 Å². The Kier molecular flexibility index (Phi) is 3.71. The Morgan fingerprint density at radius 1 is 1.47 bits per heavy atom. The van der Waals surface area contributed by atoms with Gasteiger partial charge in [0.05, 0.1) is 18.3 Å². The molecule has 2 rings (SSSR count). The smallest absolute Gasteiger partial charge is 0.260 e. The zero-order chi connectivity index (χ0) is 14.0. The van der Waals surface area contributed by atoms with E-state index in [2.05, 4.69) is 0 Å². The number of amides is 2. The van der Waals surface area contributed by atoms with E-state index in [0.717, 1.165) is 0 Å². The lowest BCUT2D eigenvalue weighted by molar-refractivity contribution is -0.125. The molecule has 2 atom stereocenters. The van der Waals surface area contributed by atoms with E-state index in [0.29, 0.717) is 17.9 Å². The summed E-state index contributed by atoms with van der Waals surface area (Å²) in [5.74, 6) is -0.365. The summed E-state index contributed by atoms with van der Waals surface area (Å²) in [5, 5.41) is 0. The van der Waals surface area contributed by atoms with Gasteiger partial charge >= 0.3 is 0 Å². The van der Waals surface area contributed by atoms with Crippen molar-refractivity contribution in [1.29, 1.82) is 0 Å². The summed E-state index contributed by atoms with van der Waals surface area (Å²) in [5.41, 5.74) is 11.7. The summed E-state index contributed by atoms with van der Waals surface area (Å²) in [6.45, 7) is 1.93. The van der Waals surface area contributed by atoms with Crippen molar-refractivity contribution in [3.05, 3.63) is 24.3 Å². The van der Waals surface area contributed by atoms with E-state index < -0.39 is 18.1 Å². The molecule has 0 radical (unpaired) electrons. The number of anilines is 1. The SMILES string of the molecule is CCC(N)C(=O)N1CC(C(N)=O)Oc2ccccc21. The highest BCUT2D eigenvalue weighted by Gasteiger charge is 2.33. The Morgan fingerprint density at radius 2 is 2.16 bits per heavy atom. The summed E-state index contributed by atoms with van der Waals surface area (Å²) in [4.78, 5) is 25.0.